The number of aliphatic hydroxyl groups is 1. The number of hydroxylamine groups is 1. The average molecular weight is 421 g/mol. The Morgan fingerprint density at radius 3 is 2.59 bits per heavy atom. The van der Waals surface area contributed by atoms with Crippen LogP contribution in [0.3, 0.4) is 0 Å². The topological polar surface area (TPSA) is 122 Å². The number of amides is 1. The summed E-state index contributed by atoms with van der Waals surface area (Å²) in [5.74, 6) is -0.730. The second-order valence-corrected chi connectivity index (χ2v) is 9.06. The van der Waals surface area contributed by atoms with Gasteiger partial charge in [0, 0.05) is 6.61 Å². The molecule has 3 N–H and O–H groups in total. The lowest BCUT2D eigenvalue weighted by Gasteiger charge is -2.36. The first kappa shape index (κ1) is 21.3. The molecular formula is C20H23NO7S. The van der Waals surface area contributed by atoms with Gasteiger partial charge in [-0.05, 0) is 48.7 Å². The maximum Gasteiger partial charge on any atom is 0.279 e. The number of nitrogens with one attached hydrogen (secondary N) is 1. The van der Waals surface area contributed by atoms with E-state index in [4.69, 9.17) is 14.7 Å². The van der Waals surface area contributed by atoms with E-state index in [1.807, 2.05) is 31.2 Å². The molecule has 0 aromatic heterocycles. The highest BCUT2D eigenvalue weighted by molar-refractivity contribution is 7.92. The third kappa shape index (κ3) is 4.27. The summed E-state index contributed by atoms with van der Waals surface area (Å²) in [6.07, 6.45) is -0.0855. The molecule has 8 nitrogen and oxygen atoms in total. The molecule has 1 saturated heterocycles. The van der Waals surface area contributed by atoms with Gasteiger partial charge in [0.1, 0.15) is 17.6 Å². The Kier molecular flexibility index (Phi) is 6.23. The molecule has 156 valence electrons. The van der Waals surface area contributed by atoms with Crippen LogP contribution in [-0.4, -0.2) is 48.7 Å². The number of hydrogen-bond acceptors (Lipinski definition) is 7. The lowest BCUT2D eigenvalue weighted by molar-refractivity contribution is -0.161. The van der Waals surface area contributed by atoms with Crippen LogP contribution in [0.25, 0.3) is 0 Å². The molecule has 0 spiro atoms. The van der Waals surface area contributed by atoms with Crippen molar-refractivity contribution < 1.29 is 33.0 Å². The normalized spacial score (nSPS) is 22.1. The molecule has 29 heavy (non-hydrogen) atoms. The molecular weight excluding hydrogens is 398 g/mol. The summed E-state index contributed by atoms with van der Waals surface area (Å²) in [5, 5.41) is 18.0. The molecule has 2 aromatic carbocycles. The van der Waals surface area contributed by atoms with Crippen molar-refractivity contribution in [3.8, 4) is 5.75 Å². The summed E-state index contributed by atoms with van der Waals surface area (Å²) < 4.78 is 36.9. The maximum absolute atomic E-state index is 13.0. The van der Waals surface area contributed by atoms with Crippen LogP contribution in [0.1, 0.15) is 17.5 Å². The van der Waals surface area contributed by atoms with Crippen molar-refractivity contribution >= 4 is 15.7 Å². The van der Waals surface area contributed by atoms with Gasteiger partial charge in [0.25, 0.3) is 5.91 Å². The van der Waals surface area contributed by atoms with E-state index in [0.29, 0.717) is 12.4 Å². The van der Waals surface area contributed by atoms with Crippen molar-refractivity contribution in [2.24, 2.45) is 0 Å². The first-order valence-electron chi connectivity index (χ1n) is 9.05. The van der Waals surface area contributed by atoms with E-state index in [-0.39, 0.29) is 17.9 Å². The van der Waals surface area contributed by atoms with Crippen LogP contribution in [0.2, 0.25) is 0 Å². The second-order valence-electron chi connectivity index (χ2n) is 6.93. The van der Waals surface area contributed by atoms with E-state index >= 15 is 0 Å². The highest BCUT2D eigenvalue weighted by Crippen LogP contribution is 2.32. The van der Waals surface area contributed by atoms with Crippen molar-refractivity contribution in [2.75, 3.05) is 13.2 Å². The summed E-state index contributed by atoms with van der Waals surface area (Å²) in [5.41, 5.74) is 1.05. The van der Waals surface area contributed by atoms with Crippen LogP contribution >= 0.6 is 0 Å². The van der Waals surface area contributed by atoms with Gasteiger partial charge in [-0.1, -0.05) is 24.3 Å². The predicted octanol–water partition coefficient (Wildman–Crippen LogP) is 1.37. The minimum absolute atomic E-state index is 0.0585. The van der Waals surface area contributed by atoms with Gasteiger partial charge < -0.3 is 14.6 Å². The zero-order valence-corrected chi connectivity index (χ0v) is 16.7. The zero-order chi connectivity index (χ0) is 21.1. The van der Waals surface area contributed by atoms with Crippen LogP contribution in [0, 0.1) is 6.92 Å². The largest absolute Gasteiger partial charge is 0.489 e. The Labute approximate surface area is 169 Å². The van der Waals surface area contributed by atoms with Crippen molar-refractivity contribution in [3.63, 3.8) is 0 Å². The summed E-state index contributed by atoms with van der Waals surface area (Å²) in [6, 6.07) is 13.6. The number of carbonyl (C=O) groups excluding carboxylic acids is 1. The van der Waals surface area contributed by atoms with Crippen LogP contribution in [0.4, 0.5) is 0 Å². The van der Waals surface area contributed by atoms with E-state index in [2.05, 4.69) is 0 Å². The second kappa shape index (κ2) is 8.50. The maximum atomic E-state index is 13.0. The Balaban J connectivity index is 1.79. The minimum Gasteiger partial charge on any atom is -0.489 e. The van der Waals surface area contributed by atoms with Gasteiger partial charge >= 0.3 is 0 Å². The number of ether oxygens (including phenoxy) is 2. The quantitative estimate of drug-likeness (QED) is 0.476. The highest BCUT2D eigenvalue weighted by Gasteiger charge is 2.53. The number of rotatable bonds is 6. The fraction of sp³-hybridized carbons (Fsp3) is 0.350. The molecule has 0 aliphatic carbocycles. The van der Waals surface area contributed by atoms with Gasteiger partial charge in [0.2, 0.25) is 0 Å². The number of carbonyl (C=O) groups is 1. The lowest BCUT2D eigenvalue weighted by Crippen LogP contribution is -2.62. The minimum atomic E-state index is -4.07. The number of sulfone groups is 1. The highest BCUT2D eigenvalue weighted by atomic mass is 32.2. The van der Waals surface area contributed by atoms with E-state index in [0.717, 1.165) is 11.1 Å². The molecule has 1 fully saturated rings. The van der Waals surface area contributed by atoms with Gasteiger partial charge in [0.15, 0.2) is 15.4 Å². The molecule has 3 rings (SSSR count). The zero-order valence-electron chi connectivity index (χ0n) is 15.9. The van der Waals surface area contributed by atoms with E-state index < -0.39 is 33.2 Å². The summed E-state index contributed by atoms with van der Waals surface area (Å²) in [4.78, 5) is 11.8. The molecule has 0 unspecified atom stereocenters. The first-order chi connectivity index (χ1) is 13.8. The molecule has 0 bridgehead atoms. The van der Waals surface area contributed by atoms with Crippen LogP contribution in [0.5, 0.6) is 5.75 Å². The molecule has 2 atom stereocenters. The van der Waals surface area contributed by atoms with E-state index in [1.54, 1.807) is 0 Å². The van der Waals surface area contributed by atoms with Crippen molar-refractivity contribution in [2.45, 2.75) is 35.7 Å². The SMILES string of the molecule is Cc1ccccc1COc1ccc(S(=O)(=O)[C@@H]2CCOC[C@]2(O)C(=O)NO)cc1. The van der Waals surface area contributed by atoms with E-state index in [1.165, 1.54) is 29.7 Å². The molecule has 1 heterocycles. The van der Waals surface area contributed by atoms with Crippen molar-refractivity contribution in [3.05, 3.63) is 59.7 Å². The summed E-state index contributed by atoms with van der Waals surface area (Å²) in [7, 11) is -4.07. The van der Waals surface area contributed by atoms with Gasteiger partial charge in [-0.2, -0.15) is 0 Å². The Hall–Kier alpha value is -2.46. The standard InChI is InChI=1S/C20H23NO7S/c1-14-4-2-3-5-15(14)12-28-16-6-8-17(9-7-16)29(25,26)18-10-11-27-13-20(18,23)19(22)21-24/h2-9,18,23-24H,10-13H2,1H3,(H,21,22)/t18-,20-/m1/s1. The third-order valence-corrected chi connectivity index (χ3v) is 7.36. The molecule has 1 aliphatic rings. The molecule has 0 saturated carbocycles. The predicted molar refractivity (Wildman–Crippen MR) is 103 cm³/mol. The van der Waals surface area contributed by atoms with E-state index in [9.17, 15) is 18.3 Å². The molecule has 2 aromatic rings. The van der Waals surface area contributed by atoms with Crippen LogP contribution < -0.4 is 10.2 Å². The average Bonchev–Trinajstić information content (AvgIpc) is 2.73. The number of aryl methyl sites for hydroxylation is 1. The van der Waals surface area contributed by atoms with Gasteiger partial charge in [-0.3, -0.25) is 10.0 Å². The molecule has 0 radical (unpaired) electrons. The third-order valence-electron chi connectivity index (χ3n) is 5.06. The summed E-state index contributed by atoms with van der Waals surface area (Å²) >= 11 is 0. The van der Waals surface area contributed by atoms with Crippen LogP contribution in [0.15, 0.2) is 53.4 Å². The number of benzene rings is 2. The monoisotopic (exact) mass is 421 g/mol. The molecule has 1 amide bonds. The molecule has 9 heteroatoms. The lowest BCUT2D eigenvalue weighted by atomic mass is 9.95. The van der Waals surface area contributed by atoms with Gasteiger partial charge in [0.05, 0.1) is 11.5 Å². The van der Waals surface area contributed by atoms with Crippen molar-refractivity contribution in [1.82, 2.24) is 5.48 Å². The van der Waals surface area contributed by atoms with Crippen molar-refractivity contribution in [1.29, 1.82) is 0 Å². The Bertz CT molecular complexity index is 975. The Morgan fingerprint density at radius 1 is 1.24 bits per heavy atom. The summed E-state index contributed by atoms with van der Waals surface area (Å²) in [6.45, 7) is 1.87. The van der Waals surface area contributed by atoms with Crippen LogP contribution in [-0.2, 0) is 26.0 Å². The fourth-order valence-electron chi connectivity index (χ4n) is 3.29. The smallest absolute Gasteiger partial charge is 0.279 e. The molecule has 1 aliphatic heterocycles. The fourth-order valence-corrected chi connectivity index (χ4v) is 5.23. The number of hydrogen-bond donors (Lipinski definition) is 3. The first-order valence-corrected chi connectivity index (χ1v) is 10.6. The van der Waals surface area contributed by atoms with Gasteiger partial charge in [-0.25, -0.2) is 13.9 Å². The Morgan fingerprint density at radius 2 is 1.93 bits per heavy atom. The van der Waals surface area contributed by atoms with Gasteiger partial charge in [-0.15, -0.1) is 0 Å².